The Balaban J connectivity index is 0.939. The summed E-state index contributed by atoms with van der Waals surface area (Å²) in [4.78, 5) is 16.3. The van der Waals surface area contributed by atoms with Gasteiger partial charge >= 0.3 is 0 Å². The number of allylic oxidation sites excluding steroid dienone is 4. The van der Waals surface area contributed by atoms with E-state index in [0.29, 0.717) is 17.6 Å². The van der Waals surface area contributed by atoms with E-state index in [1.807, 2.05) is 11.3 Å². The molecule has 0 atom stereocenters. The number of fused-ring (bicyclic) bond motifs is 20. The maximum atomic E-state index is 5.46. The van der Waals surface area contributed by atoms with Crippen LogP contribution in [0.1, 0.15) is 40.9 Å². The van der Waals surface area contributed by atoms with Gasteiger partial charge in [0, 0.05) is 64.1 Å². The van der Waals surface area contributed by atoms with Crippen LogP contribution in [-0.4, -0.2) is 24.1 Å². The van der Waals surface area contributed by atoms with E-state index in [1.165, 1.54) is 103 Å². The first kappa shape index (κ1) is 38.3. The van der Waals surface area contributed by atoms with Crippen LogP contribution < -0.4 is 0 Å². The normalized spacial score (nSPS) is 14.5. The zero-order valence-corrected chi connectivity index (χ0v) is 38.6. The number of benzene rings is 9. The molecule has 3 aliphatic rings. The number of hydrogen-bond donors (Lipinski definition) is 0. The van der Waals surface area contributed by atoms with Crippen LogP contribution in [0, 0.1) is 0 Å². The molecule has 0 saturated heterocycles. The summed E-state index contributed by atoms with van der Waals surface area (Å²) in [6.45, 7) is 0. The van der Waals surface area contributed by atoms with Crippen molar-refractivity contribution < 1.29 is 0 Å². The number of hydrogen-bond acceptors (Lipinski definition) is 4. The van der Waals surface area contributed by atoms with Crippen molar-refractivity contribution in [1.29, 1.82) is 0 Å². The fourth-order valence-corrected chi connectivity index (χ4v) is 13.8. The minimum Gasteiger partial charge on any atom is -0.312 e. The van der Waals surface area contributed by atoms with Crippen molar-refractivity contribution in [3.05, 3.63) is 240 Å². The van der Waals surface area contributed by atoms with Crippen molar-refractivity contribution in [3.63, 3.8) is 0 Å². The average molecular weight is 910 g/mol. The van der Waals surface area contributed by atoms with Crippen LogP contribution in [0.5, 0.6) is 0 Å². The van der Waals surface area contributed by atoms with Gasteiger partial charge in [0.25, 0.3) is 0 Å². The molecule has 0 unspecified atom stereocenters. The van der Waals surface area contributed by atoms with Crippen molar-refractivity contribution in [1.82, 2.24) is 24.1 Å². The Hall–Kier alpha value is -8.71. The monoisotopic (exact) mass is 909 g/mol. The second-order valence-corrected chi connectivity index (χ2v) is 20.0. The van der Waals surface area contributed by atoms with Crippen LogP contribution >= 0.6 is 11.3 Å². The highest BCUT2D eigenvalue weighted by Crippen LogP contribution is 2.64. The van der Waals surface area contributed by atoms with Gasteiger partial charge in [-0.25, -0.2) is 4.98 Å². The van der Waals surface area contributed by atoms with Crippen LogP contribution in [0.15, 0.2) is 212 Å². The van der Waals surface area contributed by atoms with E-state index in [-0.39, 0.29) is 0 Å². The second-order valence-electron chi connectivity index (χ2n) is 18.9. The van der Waals surface area contributed by atoms with E-state index in [1.54, 1.807) is 0 Å². The minimum atomic E-state index is -0.441. The largest absolute Gasteiger partial charge is 0.312 e. The Morgan fingerprint density at radius 1 is 0.429 bits per heavy atom. The third-order valence-corrected chi connectivity index (χ3v) is 16.6. The lowest BCUT2D eigenvalue weighted by molar-refractivity contribution is 0.794. The summed E-state index contributed by atoms with van der Waals surface area (Å²) < 4.78 is 7.28. The highest BCUT2D eigenvalue weighted by Gasteiger charge is 2.52. The maximum Gasteiger partial charge on any atom is 0.238 e. The highest BCUT2D eigenvalue weighted by molar-refractivity contribution is 7.25. The SMILES string of the molecule is C1=C(c2nc(-c3ccc4c(c3)sc3ccccc34)nc(-n3c4ccccc4c4ccccc43)n2)C=C(n2c3ccccc3c3ccc4c(c32)-c2ccccc2C42c3ccccc3-c3ccccc32)CC1. The molecule has 0 radical (unpaired) electrons. The van der Waals surface area contributed by atoms with Crippen LogP contribution in [0.2, 0.25) is 0 Å². The molecule has 4 aromatic heterocycles. The molecule has 0 bridgehead atoms. The van der Waals surface area contributed by atoms with Gasteiger partial charge < -0.3 is 4.57 Å². The molecule has 0 amide bonds. The summed E-state index contributed by atoms with van der Waals surface area (Å²) in [6.07, 6.45) is 6.38. The van der Waals surface area contributed by atoms with Gasteiger partial charge in [0.05, 0.1) is 27.5 Å². The fourth-order valence-electron chi connectivity index (χ4n) is 12.7. The molecule has 4 heterocycles. The van der Waals surface area contributed by atoms with Crippen LogP contribution in [0.4, 0.5) is 0 Å². The predicted octanol–water partition coefficient (Wildman–Crippen LogP) is 16.2. The van der Waals surface area contributed by atoms with Gasteiger partial charge in [-0.2, -0.15) is 9.97 Å². The zero-order valence-electron chi connectivity index (χ0n) is 37.8. The number of para-hydroxylation sites is 3. The molecule has 3 aliphatic carbocycles. The first-order valence-electron chi connectivity index (χ1n) is 24.2. The lowest BCUT2D eigenvalue weighted by atomic mass is 9.70. The summed E-state index contributed by atoms with van der Waals surface area (Å²) in [5.74, 6) is 1.91. The highest BCUT2D eigenvalue weighted by atomic mass is 32.1. The van der Waals surface area contributed by atoms with Crippen molar-refractivity contribution in [2.45, 2.75) is 18.3 Å². The summed E-state index contributed by atoms with van der Waals surface area (Å²) in [5, 5.41) is 7.35. The van der Waals surface area contributed by atoms with Crippen molar-refractivity contribution in [2.24, 2.45) is 0 Å². The zero-order chi connectivity index (χ0) is 45.7. The van der Waals surface area contributed by atoms with E-state index < -0.39 is 5.41 Å². The number of aromatic nitrogens is 5. The first-order chi connectivity index (χ1) is 34.7. The Morgan fingerprint density at radius 2 is 0.971 bits per heavy atom. The molecule has 16 rings (SSSR count). The van der Waals surface area contributed by atoms with Crippen molar-refractivity contribution in [2.75, 3.05) is 0 Å². The lowest BCUT2D eigenvalue weighted by Crippen LogP contribution is -2.25. The number of thiophene rings is 1. The molecule has 6 heteroatoms. The van der Waals surface area contributed by atoms with Gasteiger partial charge in [0.15, 0.2) is 11.6 Å². The Labute approximate surface area is 406 Å². The molecule has 13 aromatic rings. The molecule has 1 spiro atoms. The van der Waals surface area contributed by atoms with Crippen LogP contribution in [0.25, 0.3) is 115 Å². The average Bonchev–Trinajstić information content (AvgIpc) is 4.22. The summed E-state index contributed by atoms with van der Waals surface area (Å²) >= 11 is 1.81. The molecule has 0 fully saturated rings. The quantitative estimate of drug-likeness (QED) is 0.177. The molecule has 5 nitrogen and oxygen atoms in total. The molecule has 0 N–H and O–H groups in total. The van der Waals surface area contributed by atoms with Crippen LogP contribution in [-0.2, 0) is 5.41 Å². The van der Waals surface area contributed by atoms with Gasteiger partial charge in [0.1, 0.15) is 0 Å². The third kappa shape index (κ3) is 5.02. The van der Waals surface area contributed by atoms with Crippen molar-refractivity contribution >= 4 is 86.4 Å². The Bertz CT molecular complexity index is 4400. The molecule has 0 aliphatic heterocycles. The van der Waals surface area contributed by atoms with Gasteiger partial charge in [0.2, 0.25) is 5.95 Å². The van der Waals surface area contributed by atoms with Gasteiger partial charge in [-0.1, -0.05) is 176 Å². The molecule has 0 saturated carbocycles. The van der Waals surface area contributed by atoms with E-state index in [9.17, 15) is 0 Å². The summed E-state index contributed by atoms with van der Waals surface area (Å²) in [7, 11) is 0. The molecule has 70 heavy (non-hydrogen) atoms. The fraction of sp³-hybridized carbons (Fsp3) is 0.0469. The molecular weight excluding hydrogens is 871 g/mol. The Morgan fingerprint density at radius 3 is 1.69 bits per heavy atom. The molecule has 326 valence electrons. The molecular formula is C64H39N5S. The van der Waals surface area contributed by atoms with Crippen molar-refractivity contribution in [3.8, 4) is 39.6 Å². The number of rotatable bonds is 4. The van der Waals surface area contributed by atoms with E-state index >= 15 is 0 Å². The van der Waals surface area contributed by atoms with Gasteiger partial charge in [-0.05, 0) is 88.2 Å². The third-order valence-electron chi connectivity index (χ3n) is 15.5. The smallest absolute Gasteiger partial charge is 0.238 e. The summed E-state index contributed by atoms with van der Waals surface area (Å²) in [5.41, 5.74) is 17.9. The lowest BCUT2D eigenvalue weighted by Gasteiger charge is -2.30. The standard InChI is InChI=1S/C64H39N5S/c1-8-25-50-41(18-1)42-19-2-9-26-51(42)64(50)52-27-10-3-24-49(52)59-53(64)35-34-48-45-22-6-11-28-54(45)68(60(48)59)40-17-15-16-38(36-40)61-65-62(39-32-33-47-46-23-7-14-31-57(46)70-58(47)37-39)67-63(66-61)69-55-29-12-4-20-43(55)44-21-5-13-30-56(44)69/h1-14,16,18-37H,15,17H2. The summed E-state index contributed by atoms with van der Waals surface area (Å²) in [6, 6.07) is 73.5. The Kier molecular flexibility index (Phi) is 7.75. The second kappa shape index (κ2) is 14.2. The van der Waals surface area contributed by atoms with E-state index in [2.05, 4.69) is 221 Å². The first-order valence-corrected chi connectivity index (χ1v) is 25.0. The van der Waals surface area contributed by atoms with E-state index in [0.717, 1.165) is 35.0 Å². The maximum absolute atomic E-state index is 5.46. The minimum absolute atomic E-state index is 0.441. The molecule has 9 aromatic carbocycles. The van der Waals surface area contributed by atoms with Gasteiger partial charge in [-0.3, -0.25) is 4.57 Å². The van der Waals surface area contributed by atoms with E-state index in [4.69, 9.17) is 15.0 Å². The predicted molar refractivity (Wildman–Crippen MR) is 290 cm³/mol. The topological polar surface area (TPSA) is 48.5 Å². The number of nitrogens with zero attached hydrogens (tertiary/aromatic N) is 5. The van der Waals surface area contributed by atoms with Crippen LogP contribution in [0.3, 0.4) is 0 Å². The van der Waals surface area contributed by atoms with Gasteiger partial charge in [-0.15, -0.1) is 11.3 Å².